The predicted molar refractivity (Wildman–Crippen MR) is 48.6 cm³/mol. The third-order valence-corrected chi connectivity index (χ3v) is 2.22. The van der Waals surface area contributed by atoms with Crippen LogP contribution in [0.5, 0.6) is 0 Å². The molecule has 0 aromatic rings. The summed E-state index contributed by atoms with van der Waals surface area (Å²) in [5.41, 5.74) is 0. The zero-order valence-electron chi connectivity index (χ0n) is 8.41. The van der Waals surface area contributed by atoms with Crippen molar-refractivity contribution >= 4 is 11.9 Å². The minimum Gasteiger partial charge on any atom is -0.459 e. The molecule has 1 aliphatic carbocycles. The molecule has 1 saturated carbocycles. The molecule has 1 rings (SSSR count). The second kappa shape index (κ2) is 4.95. The van der Waals surface area contributed by atoms with Gasteiger partial charge in [-0.2, -0.15) is 0 Å². The molecule has 1 aliphatic rings. The Hall–Kier alpha value is -1.10. The van der Waals surface area contributed by atoms with Crippen LogP contribution in [-0.2, 0) is 19.1 Å². The lowest BCUT2D eigenvalue weighted by Crippen LogP contribution is -2.49. The summed E-state index contributed by atoms with van der Waals surface area (Å²) >= 11 is 0. The van der Waals surface area contributed by atoms with Gasteiger partial charge in [-0.05, 0) is 19.8 Å². The fraction of sp³-hybridized carbons (Fsp3) is 0.778. The van der Waals surface area contributed by atoms with E-state index in [0.717, 1.165) is 12.8 Å². The van der Waals surface area contributed by atoms with Crippen molar-refractivity contribution in [2.75, 3.05) is 13.7 Å². The van der Waals surface area contributed by atoms with Gasteiger partial charge in [0.05, 0.1) is 12.7 Å². The first-order chi connectivity index (χ1) is 6.67. The van der Waals surface area contributed by atoms with Crippen molar-refractivity contribution in [3.05, 3.63) is 0 Å². The Balaban J connectivity index is 2.19. The van der Waals surface area contributed by atoms with Crippen molar-refractivity contribution in [2.45, 2.75) is 31.9 Å². The molecule has 0 spiro atoms. The lowest BCUT2D eigenvalue weighted by Gasteiger charge is -2.34. The highest BCUT2D eigenvalue weighted by molar-refractivity contribution is 6.32. The Labute approximate surface area is 82.8 Å². The van der Waals surface area contributed by atoms with Crippen LogP contribution < -0.4 is 5.32 Å². The van der Waals surface area contributed by atoms with Gasteiger partial charge in [0.25, 0.3) is 0 Å². The van der Waals surface area contributed by atoms with Crippen molar-refractivity contribution in [3.8, 4) is 0 Å². The van der Waals surface area contributed by atoms with Gasteiger partial charge >= 0.3 is 11.9 Å². The summed E-state index contributed by atoms with van der Waals surface area (Å²) in [6.07, 6.45) is 1.74. The molecule has 0 aromatic heterocycles. The number of hydrogen-bond acceptors (Lipinski definition) is 4. The molecular weight excluding hydrogens is 186 g/mol. The van der Waals surface area contributed by atoms with Crippen molar-refractivity contribution < 1.29 is 19.1 Å². The first-order valence-corrected chi connectivity index (χ1v) is 4.67. The van der Waals surface area contributed by atoms with Crippen LogP contribution in [0, 0.1) is 0 Å². The molecule has 0 aliphatic heterocycles. The van der Waals surface area contributed by atoms with E-state index in [4.69, 9.17) is 4.74 Å². The summed E-state index contributed by atoms with van der Waals surface area (Å²) in [5, 5.41) is 2.57. The molecule has 1 amide bonds. The van der Waals surface area contributed by atoms with E-state index in [1.807, 2.05) is 0 Å². The van der Waals surface area contributed by atoms with E-state index in [1.54, 1.807) is 14.0 Å². The largest absolute Gasteiger partial charge is 0.459 e. The standard InChI is InChI=1S/C9H15NO4/c1-3-14-9(12)8(11)10-6-4-7(5-6)13-2/h6-7H,3-5H2,1-2H3,(H,10,11). The number of esters is 1. The number of rotatable bonds is 3. The quantitative estimate of drug-likeness (QED) is 0.509. The number of amides is 1. The minimum atomic E-state index is -0.812. The summed E-state index contributed by atoms with van der Waals surface area (Å²) in [6, 6.07) is 0.0526. The van der Waals surface area contributed by atoms with Crippen molar-refractivity contribution in [1.29, 1.82) is 0 Å². The summed E-state index contributed by atoms with van der Waals surface area (Å²) in [7, 11) is 1.63. The van der Waals surface area contributed by atoms with Crippen molar-refractivity contribution in [1.82, 2.24) is 5.32 Å². The SMILES string of the molecule is CCOC(=O)C(=O)NC1CC(OC)C1. The molecule has 0 saturated heterocycles. The average Bonchev–Trinajstić information content (AvgIpc) is 2.10. The third kappa shape index (κ3) is 2.70. The molecule has 1 N–H and O–H groups in total. The summed E-state index contributed by atoms with van der Waals surface area (Å²) in [5.74, 6) is -1.47. The van der Waals surface area contributed by atoms with Crippen LogP contribution in [0.25, 0.3) is 0 Å². The molecule has 80 valence electrons. The van der Waals surface area contributed by atoms with Gasteiger partial charge in [-0.25, -0.2) is 4.79 Å². The highest BCUT2D eigenvalue weighted by atomic mass is 16.5. The summed E-state index contributed by atoms with van der Waals surface area (Å²) in [4.78, 5) is 22.0. The van der Waals surface area contributed by atoms with Crippen LogP contribution in [0.4, 0.5) is 0 Å². The van der Waals surface area contributed by atoms with E-state index in [2.05, 4.69) is 10.1 Å². The number of nitrogens with one attached hydrogen (secondary N) is 1. The minimum absolute atomic E-state index is 0.0526. The lowest BCUT2D eigenvalue weighted by atomic mass is 9.89. The fourth-order valence-electron chi connectivity index (χ4n) is 1.32. The van der Waals surface area contributed by atoms with E-state index in [9.17, 15) is 9.59 Å². The zero-order chi connectivity index (χ0) is 10.6. The van der Waals surface area contributed by atoms with Crippen molar-refractivity contribution in [3.63, 3.8) is 0 Å². The predicted octanol–water partition coefficient (Wildman–Crippen LogP) is -0.157. The molecule has 0 bridgehead atoms. The molecule has 5 nitrogen and oxygen atoms in total. The monoisotopic (exact) mass is 201 g/mol. The van der Waals surface area contributed by atoms with Crippen LogP contribution in [0.2, 0.25) is 0 Å². The molecular formula is C9H15NO4. The van der Waals surface area contributed by atoms with Gasteiger partial charge in [-0.15, -0.1) is 0 Å². The Morgan fingerprint density at radius 1 is 1.43 bits per heavy atom. The van der Waals surface area contributed by atoms with E-state index >= 15 is 0 Å². The molecule has 0 atom stereocenters. The van der Waals surface area contributed by atoms with E-state index in [-0.39, 0.29) is 18.8 Å². The van der Waals surface area contributed by atoms with E-state index < -0.39 is 11.9 Å². The van der Waals surface area contributed by atoms with Crippen molar-refractivity contribution in [2.24, 2.45) is 0 Å². The number of hydrogen-bond donors (Lipinski definition) is 1. The van der Waals surface area contributed by atoms with Gasteiger partial charge in [-0.3, -0.25) is 4.79 Å². The zero-order valence-corrected chi connectivity index (χ0v) is 8.41. The van der Waals surface area contributed by atoms with Gasteiger partial charge in [0.1, 0.15) is 0 Å². The van der Waals surface area contributed by atoms with Gasteiger partial charge in [0, 0.05) is 13.2 Å². The molecule has 1 fully saturated rings. The maximum absolute atomic E-state index is 11.1. The number of ether oxygens (including phenoxy) is 2. The number of methoxy groups -OCH3 is 1. The van der Waals surface area contributed by atoms with E-state index in [0.29, 0.717) is 0 Å². The fourth-order valence-corrected chi connectivity index (χ4v) is 1.32. The van der Waals surface area contributed by atoms with Crippen LogP contribution in [0.3, 0.4) is 0 Å². The topological polar surface area (TPSA) is 64.6 Å². The first-order valence-electron chi connectivity index (χ1n) is 4.67. The Bertz CT molecular complexity index is 223. The van der Waals surface area contributed by atoms with Gasteiger partial charge in [-0.1, -0.05) is 0 Å². The van der Waals surface area contributed by atoms with E-state index in [1.165, 1.54) is 0 Å². The molecule has 0 aromatic carbocycles. The maximum atomic E-state index is 11.1. The first kappa shape index (κ1) is 11.0. The van der Waals surface area contributed by atoms with Gasteiger partial charge < -0.3 is 14.8 Å². The molecule has 0 unspecified atom stereocenters. The third-order valence-electron chi connectivity index (χ3n) is 2.22. The van der Waals surface area contributed by atoms with Crippen LogP contribution in [0.1, 0.15) is 19.8 Å². The highest BCUT2D eigenvalue weighted by Gasteiger charge is 2.31. The maximum Gasteiger partial charge on any atom is 0.396 e. The summed E-state index contributed by atoms with van der Waals surface area (Å²) in [6.45, 7) is 1.88. The van der Waals surface area contributed by atoms with Crippen LogP contribution >= 0.6 is 0 Å². The molecule has 5 heteroatoms. The molecule has 0 radical (unpaired) electrons. The Morgan fingerprint density at radius 2 is 2.07 bits per heavy atom. The normalized spacial score (nSPS) is 25.0. The smallest absolute Gasteiger partial charge is 0.396 e. The Kier molecular flexibility index (Phi) is 3.88. The van der Waals surface area contributed by atoms with Gasteiger partial charge in [0.15, 0.2) is 0 Å². The molecule has 14 heavy (non-hydrogen) atoms. The van der Waals surface area contributed by atoms with Crippen LogP contribution in [0.15, 0.2) is 0 Å². The summed E-state index contributed by atoms with van der Waals surface area (Å²) < 4.78 is 9.58. The average molecular weight is 201 g/mol. The highest BCUT2D eigenvalue weighted by Crippen LogP contribution is 2.22. The van der Waals surface area contributed by atoms with Gasteiger partial charge in [0.2, 0.25) is 0 Å². The lowest BCUT2D eigenvalue weighted by molar-refractivity contribution is -0.155. The second-order valence-corrected chi connectivity index (χ2v) is 3.22. The second-order valence-electron chi connectivity index (χ2n) is 3.22. The molecule has 0 heterocycles. The number of carbonyl (C=O) groups is 2. The Morgan fingerprint density at radius 3 is 2.57 bits per heavy atom. The number of carbonyl (C=O) groups excluding carboxylic acids is 2. The van der Waals surface area contributed by atoms with Crippen LogP contribution in [-0.4, -0.2) is 37.7 Å².